The summed E-state index contributed by atoms with van der Waals surface area (Å²) in [6.07, 6.45) is 5.79. The summed E-state index contributed by atoms with van der Waals surface area (Å²) in [6.45, 7) is 6.34. The van der Waals surface area contributed by atoms with Gasteiger partial charge in [0.1, 0.15) is 0 Å². The van der Waals surface area contributed by atoms with Crippen LogP contribution < -0.4 is 5.32 Å². The average molecular weight is 228 g/mol. The van der Waals surface area contributed by atoms with Gasteiger partial charge in [-0.2, -0.15) is 0 Å². The van der Waals surface area contributed by atoms with Gasteiger partial charge >= 0.3 is 0 Å². The molecular formula is C13H28N2O. The molecule has 16 heavy (non-hydrogen) atoms. The smallest absolute Gasteiger partial charge is 0.0594 e. The van der Waals surface area contributed by atoms with Crippen LogP contribution in [0.1, 0.15) is 32.6 Å². The minimum absolute atomic E-state index is 0.527. The normalized spacial score (nSPS) is 26.2. The molecule has 0 amide bonds. The molecule has 0 saturated heterocycles. The van der Waals surface area contributed by atoms with Gasteiger partial charge in [-0.25, -0.2) is 0 Å². The Balaban J connectivity index is 1.90. The van der Waals surface area contributed by atoms with E-state index >= 15 is 0 Å². The maximum Gasteiger partial charge on any atom is 0.0594 e. The molecule has 2 atom stereocenters. The summed E-state index contributed by atoms with van der Waals surface area (Å²) in [5.41, 5.74) is 0. The van der Waals surface area contributed by atoms with Crippen molar-refractivity contribution in [3.05, 3.63) is 0 Å². The van der Waals surface area contributed by atoms with Crippen molar-refractivity contribution in [3.63, 3.8) is 0 Å². The first-order chi connectivity index (χ1) is 7.68. The number of hydrogen-bond donors (Lipinski definition) is 1. The van der Waals surface area contributed by atoms with Gasteiger partial charge in [-0.05, 0) is 32.9 Å². The summed E-state index contributed by atoms with van der Waals surface area (Å²) in [6, 6.07) is 0. The van der Waals surface area contributed by atoms with Crippen LogP contribution in [0.15, 0.2) is 0 Å². The number of ether oxygens (including phenoxy) is 1. The first-order valence-electron chi connectivity index (χ1n) is 6.65. The Labute approximate surface area is 101 Å². The van der Waals surface area contributed by atoms with E-state index in [4.69, 9.17) is 4.74 Å². The first-order valence-corrected chi connectivity index (χ1v) is 6.65. The third-order valence-corrected chi connectivity index (χ3v) is 3.26. The molecule has 1 aliphatic carbocycles. The van der Waals surface area contributed by atoms with E-state index in [2.05, 4.69) is 31.2 Å². The number of hydrogen-bond acceptors (Lipinski definition) is 3. The van der Waals surface area contributed by atoms with Crippen molar-refractivity contribution in [3.8, 4) is 0 Å². The molecule has 1 rings (SSSR count). The molecule has 1 N–H and O–H groups in total. The molecule has 3 heteroatoms. The Kier molecular flexibility index (Phi) is 7.01. The van der Waals surface area contributed by atoms with Gasteiger partial charge in [0.2, 0.25) is 0 Å². The molecule has 0 spiro atoms. The lowest BCUT2D eigenvalue weighted by molar-refractivity contribution is 0.0174. The zero-order valence-corrected chi connectivity index (χ0v) is 11.2. The number of nitrogens with one attached hydrogen (secondary N) is 1. The minimum Gasteiger partial charge on any atom is -0.377 e. The van der Waals surface area contributed by atoms with Crippen molar-refractivity contribution in [1.82, 2.24) is 10.2 Å². The quantitative estimate of drug-likeness (QED) is 0.672. The van der Waals surface area contributed by atoms with E-state index in [9.17, 15) is 0 Å². The topological polar surface area (TPSA) is 24.5 Å². The first kappa shape index (κ1) is 13.9. The summed E-state index contributed by atoms with van der Waals surface area (Å²) in [5.74, 6) is 0.862. The van der Waals surface area contributed by atoms with Gasteiger partial charge in [-0.15, -0.1) is 0 Å². The van der Waals surface area contributed by atoms with Gasteiger partial charge in [-0.1, -0.05) is 19.8 Å². The molecule has 1 saturated carbocycles. The molecule has 0 aromatic carbocycles. The molecule has 0 aromatic rings. The van der Waals surface area contributed by atoms with Gasteiger partial charge in [0.05, 0.1) is 12.7 Å². The fraction of sp³-hybridized carbons (Fsp3) is 1.00. The third-order valence-electron chi connectivity index (χ3n) is 3.26. The Morgan fingerprint density at radius 3 is 2.75 bits per heavy atom. The van der Waals surface area contributed by atoms with Crippen molar-refractivity contribution in [2.75, 3.05) is 40.3 Å². The maximum atomic E-state index is 5.88. The molecule has 1 aliphatic rings. The van der Waals surface area contributed by atoms with Gasteiger partial charge < -0.3 is 15.0 Å². The fourth-order valence-electron chi connectivity index (χ4n) is 2.26. The summed E-state index contributed by atoms with van der Waals surface area (Å²) in [7, 11) is 4.20. The Morgan fingerprint density at radius 1 is 1.25 bits per heavy atom. The van der Waals surface area contributed by atoms with Crippen LogP contribution in [0.2, 0.25) is 0 Å². The van der Waals surface area contributed by atoms with Crippen LogP contribution >= 0.6 is 0 Å². The van der Waals surface area contributed by atoms with E-state index in [1.807, 2.05) is 0 Å². The third kappa shape index (κ3) is 6.46. The second-order valence-electron chi connectivity index (χ2n) is 5.32. The zero-order valence-electron chi connectivity index (χ0n) is 11.2. The lowest BCUT2D eigenvalue weighted by Crippen LogP contribution is -2.30. The van der Waals surface area contributed by atoms with Crippen LogP contribution in [0.4, 0.5) is 0 Å². The molecule has 0 aliphatic heterocycles. The molecular weight excluding hydrogens is 200 g/mol. The van der Waals surface area contributed by atoms with Crippen LogP contribution in [0.25, 0.3) is 0 Å². The molecule has 1 fully saturated rings. The van der Waals surface area contributed by atoms with Crippen LogP contribution in [-0.2, 0) is 4.74 Å². The zero-order chi connectivity index (χ0) is 11.8. The molecule has 2 unspecified atom stereocenters. The van der Waals surface area contributed by atoms with Crippen LogP contribution in [0.5, 0.6) is 0 Å². The van der Waals surface area contributed by atoms with E-state index in [-0.39, 0.29) is 0 Å². The monoisotopic (exact) mass is 228 g/mol. The maximum absolute atomic E-state index is 5.88. The molecule has 0 aromatic heterocycles. The highest BCUT2D eigenvalue weighted by atomic mass is 16.5. The van der Waals surface area contributed by atoms with Crippen LogP contribution in [0.3, 0.4) is 0 Å². The van der Waals surface area contributed by atoms with E-state index in [0.717, 1.165) is 32.2 Å². The van der Waals surface area contributed by atoms with Crippen molar-refractivity contribution in [2.24, 2.45) is 5.92 Å². The Hall–Kier alpha value is -0.120. The largest absolute Gasteiger partial charge is 0.377 e. The van der Waals surface area contributed by atoms with Gasteiger partial charge in [0.15, 0.2) is 0 Å². The highest BCUT2D eigenvalue weighted by molar-refractivity contribution is 4.70. The Morgan fingerprint density at radius 2 is 2.06 bits per heavy atom. The second kappa shape index (κ2) is 8.04. The average Bonchev–Trinajstić information content (AvgIpc) is 2.23. The SMILES string of the molecule is CC1CCCC(OCCNCCN(C)C)C1. The molecule has 0 heterocycles. The molecule has 0 radical (unpaired) electrons. The standard InChI is InChI=1S/C13H28N2O/c1-12-5-4-6-13(11-12)16-10-8-14-7-9-15(2)3/h12-14H,4-11H2,1-3H3. The van der Waals surface area contributed by atoms with Crippen molar-refractivity contribution in [1.29, 1.82) is 0 Å². The van der Waals surface area contributed by atoms with Crippen LogP contribution in [0, 0.1) is 5.92 Å². The highest BCUT2D eigenvalue weighted by Gasteiger charge is 2.18. The number of rotatable bonds is 7. The summed E-state index contributed by atoms with van der Waals surface area (Å²) >= 11 is 0. The second-order valence-corrected chi connectivity index (χ2v) is 5.32. The van der Waals surface area contributed by atoms with Crippen molar-refractivity contribution in [2.45, 2.75) is 38.7 Å². The van der Waals surface area contributed by atoms with Crippen molar-refractivity contribution < 1.29 is 4.74 Å². The van der Waals surface area contributed by atoms with E-state index < -0.39 is 0 Å². The van der Waals surface area contributed by atoms with E-state index in [1.54, 1.807) is 0 Å². The summed E-state index contributed by atoms with van der Waals surface area (Å²) in [5, 5.41) is 3.40. The lowest BCUT2D eigenvalue weighted by Gasteiger charge is -2.26. The molecule has 3 nitrogen and oxygen atoms in total. The Bertz CT molecular complexity index is 173. The summed E-state index contributed by atoms with van der Waals surface area (Å²) in [4.78, 5) is 2.19. The van der Waals surface area contributed by atoms with Gasteiger partial charge in [0, 0.05) is 19.6 Å². The number of nitrogens with zero attached hydrogens (tertiary/aromatic N) is 1. The fourth-order valence-corrected chi connectivity index (χ4v) is 2.26. The van der Waals surface area contributed by atoms with E-state index in [0.29, 0.717) is 6.10 Å². The van der Waals surface area contributed by atoms with Gasteiger partial charge in [-0.3, -0.25) is 0 Å². The van der Waals surface area contributed by atoms with Crippen LogP contribution in [-0.4, -0.2) is 51.3 Å². The highest BCUT2D eigenvalue weighted by Crippen LogP contribution is 2.25. The molecule has 96 valence electrons. The van der Waals surface area contributed by atoms with Crippen molar-refractivity contribution >= 4 is 0 Å². The minimum atomic E-state index is 0.527. The number of likely N-dealkylation sites (N-methyl/N-ethyl adjacent to an activating group) is 1. The predicted molar refractivity (Wildman–Crippen MR) is 68.8 cm³/mol. The van der Waals surface area contributed by atoms with E-state index in [1.165, 1.54) is 25.7 Å². The lowest BCUT2D eigenvalue weighted by atomic mass is 9.89. The summed E-state index contributed by atoms with van der Waals surface area (Å²) < 4.78 is 5.88. The van der Waals surface area contributed by atoms with Gasteiger partial charge in [0.25, 0.3) is 0 Å². The predicted octanol–water partition coefficient (Wildman–Crippen LogP) is 1.73. The molecule has 0 bridgehead atoms.